The number of ether oxygens (including phenoxy) is 1. The lowest BCUT2D eigenvalue weighted by molar-refractivity contribution is -0.122. The largest absolute Gasteiger partial charge is 0.376 e. The van der Waals surface area contributed by atoms with Crippen LogP contribution in [-0.4, -0.2) is 34.7 Å². The third-order valence-corrected chi connectivity index (χ3v) is 6.30. The summed E-state index contributed by atoms with van der Waals surface area (Å²) in [6, 6.07) is 3.95. The van der Waals surface area contributed by atoms with Gasteiger partial charge in [0.15, 0.2) is 0 Å². The zero-order valence-corrected chi connectivity index (χ0v) is 16.0. The van der Waals surface area contributed by atoms with Crippen LogP contribution in [0.15, 0.2) is 27.7 Å². The monoisotopic (exact) mass is 389 g/mol. The van der Waals surface area contributed by atoms with Crippen molar-refractivity contribution >= 4 is 38.8 Å². The molecule has 1 aliphatic rings. The molecule has 4 rings (SSSR count). The molecular formula is C18H19N3O3S2. The van der Waals surface area contributed by atoms with Crippen molar-refractivity contribution in [1.29, 1.82) is 0 Å². The van der Waals surface area contributed by atoms with Gasteiger partial charge in [0.05, 0.1) is 11.5 Å². The maximum atomic E-state index is 13.1. The van der Waals surface area contributed by atoms with Gasteiger partial charge in [0.25, 0.3) is 5.56 Å². The van der Waals surface area contributed by atoms with Crippen molar-refractivity contribution in [2.75, 3.05) is 13.2 Å². The van der Waals surface area contributed by atoms with Crippen LogP contribution in [-0.2, 0) is 16.1 Å². The average Bonchev–Trinajstić information content (AvgIpc) is 3.37. The first-order chi connectivity index (χ1) is 12.6. The number of amides is 1. The first kappa shape index (κ1) is 17.4. The molecule has 1 amide bonds. The maximum Gasteiger partial charge on any atom is 0.263 e. The highest BCUT2D eigenvalue weighted by Gasteiger charge is 2.19. The van der Waals surface area contributed by atoms with Crippen LogP contribution in [0.2, 0.25) is 0 Å². The highest BCUT2D eigenvalue weighted by atomic mass is 32.1. The molecule has 0 aliphatic carbocycles. The fourth-order valence-corrected chi connectivity index (χ4v) is 4.96. The summed E-state index contributed by atoms with van der Waals surface area (Å²) in [5.74, 6) is 0.356. The van der Waals surface area contributed by atoms with Gasteiger partial charge in [-0.3, -0.25) is 14.2 Å². The predicted molar refractivity (Wildman–Crippen MR) is 104 cm³/mol. The Morgan fingerprint density at radius 2 is 2.35 bits per heavy atom. The first-order valence-corrected chi connectivity index (χ1v) is 10.3. The van der Waals surface area contributed by atoms with Crippen molar-refractivity contribution in [3.63, 3.8) is 0 Å². The Balaban J connectivity index is 1.61. The van der Waals surface area contributed by atoms with E-state index in [4.69, 9.17) is 4.74 Å². The van der Waals surface area contributed by atoms with Crippen LogP contribution in [0.4, 0.5) is 0 Å². The Bertz CT molecular complexity index is 985. The van der Waals surface area contributed by atoms with E-state index in [1.165, 1.54) is 15.9 Å². The van der Waals surface area contributed by atoms with Crippen LogP contribution in [0.3, 0.4) is 0 Å². The van der Waals surface area contributed by atoms with Gasteiger partial charge in [0.2, 0.25) is 5.91 Å². The number of thiophene rings is 2. The molecule has 1 saturated heterocycles. The quantitative estimate of drug-likeness (QED) is 0.728. The molecule has 3 aromatic rings. The summed E-state index contributed by atoms with van der Waals surface area (Å²) in [6.45, 7) is 2.98. The Morgan fingerprint density at radius 1 is 1.46 bits per heavy atom. The molecule has 1 unspecified atom stereocenters. The highest BCUT2D eigenvalue weighted by molar-refractivity contribution is 7.18. The van der Waals surface area contributed by atoms with Gasteiger partial charge in [-0.05, 0) is 31.2 Å². The van der Waals surface area contributed by atoms with Crippen LogP contribution in [0, 0.1) is 6.92 Å². The van der Waals surface area contributed by atoms with Crippen LogP contribution in [0.25, 0.3) is 20.7 Å². The molecule has 0 bridgehead atoms. The molecule has 1 N–H and O–H groups in total. The molecule has 0 aromatic carbocycles. The van der Waals surface area contributed by atoms with Gasteiger partial charge in [-0.25, -0.2) is 4.98 Å². The summed E-state index contributed by atoms with van der Waals surface area (Å²) in [6.07, 6.45) is 2.08. The number of aromatic nitrogens is 2. The summed E-state index contributed by atoms with van der Waals surface area (Å²) in [4.78, 5) is 31.7. The number of carbonyl (C=O) groups excluding carboxylic acids is 1. The molecule has 8 heteroatoms. The molecule has 1 aliphatic heterocycles. The molecule has 136 valence electrons. The Morgan fingerprint density at radius 3 is 3.08 bits per heavy atom. The second kappa shape index (κ2) is 7.30. The van der Waals surface area contributed by atoms with Crippen LogP contribution in [0.1, 0.15) is 18.7 Å². The van der Waals surface area contributed by atoms with Crippen molar-refractivity contribution in [2.24, 2.45) is 0 Å². The average molecular weight is 390 g/mol. The van der Waals surface area contributed by atoms with Gasteiger partial charge in [-0.2, -0.15) is 0 Å². The second-order valence-corrected chi connectivity index (χ2v) is 8.10. The number of fused-ring (bicyclic) bond motifs is 1. The SMILES string of the molecule is Cc1nc2scc(-c3cccs3)c2c(=O)n1CC(=O)NCC1CCCO1. The topological polar surface area (TPSA) is 73.2 Å². The molecule has 1 fully saturated rings. The molecule has 26 heavy (non-hydrogen) atoms. The number of carbonyl (C=O) groups is 1. The number of aryl methyl sites for hydroxylation is 1. The van der Waals surface area contributed by atoms with E-state index in [1.54, 1.807) is 18.3 Å². The molecular weight excluding hydrogens is 370 g/mol. The van der Waals surface area contributed by atoms with Crippen molar-refractivity contribution in [1.82, 2.24) is 14.9 Å². The van der Waals surface area contributed by atoms with E-state index >= 15 is 0 Å². The lowest BCUT2D eigenvalue weighted by Gasteiger charge is -2.13. The van der Waals surface area contributed by atoms with E-state index in [-0.39, 0.29) is 24.1 Å². The first-order valence-electron chi connectivity index (χ1n) is 8.54. The minimum absolute atomic E-state index is 0.0277. The number of nitrogens with one attached hydrogen (secondary N) is 1. The van der Waals surface area contributed by atoms with Gasteiger partial charge in [-0.15, -0.1) is 22.7 Å². The zero-order chi connectivity index (χ0) is 18.1. The number of hydrogen-bond donors (Lipinski definition) is 1. The van der Waals surface area contributed by atoms with Crippen molar-refractivity contribution in [3.05, 3.63) is 39.1 Å². The smallest absolute Gasteiger partial charge is 0.263 e. The summed E-state index contributed by atoms with van der Waals surface area (Å²) >= 11 is 3.05. The number of nitrogens with zero attached hydrogens (tertiary/aromatic N) is 2. The molecule has 6 nitrogen and oxygen atoms in total. The Kier molecular flexibility index (Phi) is 4.88. The van der Waals surface area contributed by atoms with E-state index in [9.17, 15) is 9.59 Å². The molecule has 3 aromatic heterocycles. The third-order valence-electron chi connectivity index (χ3n) is 4.52. The van der Waals surface area contributed by atoms with E-state index in [0.29, 0.717) is 22.6 Å². The van der Waals surface area contributed by atoms with Gasteiger partial charge in [0, 0.05) is 29.0 Å². The summed E-state index contributed by atoms with van der Waals surface area (Å²) in [7, 11) is 0. The summed E-state index contributed by atoms with van der Waals surface area (Å²) < 4.78 is 6.97. The van der Waals surface area contributed by atoms with Crippen LogP contribution < -0.4 is 10.9 Å². The molecule has 0 radical (unpaired) electrons. The van der Waals surface area contributed by atoms with Crippen LogP contribution >= 0.6 is 22.7 Å². The standard InChI is InChI=1S/C18H19N3O3S2/c1-11-20-17-16(13(10-26-17)14-5-3-7-25-14)18(23)21(11)9-15(22)19-8-12-4-2-6-24-12/h3,5,7,10,12H,2,4,6,8-9H2,1H3,(H,19,22). The minimum Gasteiger partial charge on any atom is -0.376 e. The van der Waals surface area contributed by atoms with Gasteiger partial charge < -0.3 is 10.1 Å². The zero-order valence-electron chi connectivity index (χ0n) is 14.4. The van der Waals surface area contributed by atoms with E-state index in [0.717, 1.165) is 29.9 Å². The molecule has 1 atom stereocenters. The minimum atomic E-state index is -0.195. The Hall–Kier alpha value is -2.03. The van der Waals surface area contributed by atoms with Gasteiger partial charge in [-0.1, -0.05) is 6.07 Å². The van der Waals surface area contributed by atoms with Crippen molar-refractivity contribution < 1.29 is 9.53 Å². The fraction of sp³-hybridized carbons (Fsp3) is 0.389. The van der Waals surface area contributed by atoms with Crippen molar-refractivity contribution in [3.8, 4) is 10.4 Å². The molecule has 4 heterocycles. The maximum absolute atomic E-state index is 13.1. The summed E-state index contributed by atoms with van der Waals surface area (Å²) in [5.41, 5.74) is 0.732. The lowest BCUT2D eigenvalue weighted by atomic mass is 10.2. The van der Waals surface area contributed by atoms with Crippen LogP contribution in [0.5, 0.6) is 0 Å². The second-order valence-electron chi connectivity index (χ2n) is 6.30. The number of rotatable bonds is 5. The lowest BCUT2D eigenvalue weighted by Crippen LogP contribution is -2.37. The molecule has 0 spiro atoms. The fourth-order valence-electron chi connectivity index (χ4n) is 3.16. The van der Waals surface area contributed by atoms with E-state index < -0.39 is 0 Å². The van der Waals surface area contributed by atoms with Crippen molar-refractivity contribution in [2.45, 2.75) is 32.4 Å². The van der Waals surface area contributed by atoms with E-state index in [1.807, 2.05) is 22.9 Å². The molecule has 0 saturated carbocycles. The van der Waals surface area contributed by atoms with Gasteiger partial charge in [0.1, 0.15) is 17.2 Å². The predicted octanol–water partition coefficient (Wildman–Crippen LogP) is 2.79. The van der Waals surface area contributed by atoms with E-state index in [2.05, 4.69) is 10.3 Å². The normalized spacial score (nSPS) is 17.0. The number of hydrogen-bond acceptors (Lipinski definition) is 6. The summed E-state index contributed by atoms with van der Waals surface area (Å²) in [5, 5.41) is 7.41. The van der Waals surface area contributed by atoms with Gasteiger partial charge >= 0.3 is 0 Å². The third kappa shape index (κ3) is 3.32. The Labute approximate surface area is 158 Å². The highest BCUT2D eigenvalue weighted by Crippen LogP contribution is 2.33.